The molecule has 0 atom stereocenters. The molecule has 0 radical (unpaired) electrons. The quantitative estimate of drug-likeness (QED) is 0.395. The summed E-state index contributed by atoms with van der Waals surface area (Å²) >= 11 is 6.80. The summed E-state index contributed by atoms with van der Waals surface area (Å²) in [6, 6.07) is 3.03. The molecule has 0 aliphatic carbocycles. The van der Waals surface area contributed by atoms with Gasteiger partial charge in [-0.2, -0.15) is 0 Å². The molecule has 0 saturated heterocycles. The van der Waals surface area contributed by atoms with Crippen LogP contribution in [0.15, 0.2) is 34.1 Å². The van der Waals surface area contributed by atoms with Crippen LogP contribution in [-0.2, 0) is 13.9 Å². The molecule has 0 saturated carbocycles. The maximum atomic E-state index is 10.2. The van der Waals surface area contributed by atoms with E-state index in [0.717, 1.165) is 0 Å². The predicted molar refractivity (Wildman–Crippen MR) is 76.4 cm³/mol. The summed E-state index contributed by atoms with van der Waals surface area (Å²) in [5, 5.41) is 0. The molecule has 2 heterocycles. The minimum absolute atomic E-state index is 0.338. The van der Waals surface area contributed by atoms with Gasteiger partial charge in [-0.3, -0.25) is 9.97 Å². The number of halogens is 2. The molecular formula is C8H10Br2N6O2Pd. The zero-order valence-corrected chi connectivity index (χ0v) is 14.0. The normalized spacial score (nSPS) is 8.74. The van der Waals surface area contributed by atoms with Crippen LogP contribution < -0.4 is 22.8 Å². The number of nitrogens with zero attached hydrogens (tertiary/aromatic N) is 2. The van der Waals surface area contributed by atoms with Crippen molar-refractivity contribution in [3.8, 4) is 0 Å². The molecular weight excluding hydrogens is 478 g/mol. The van der Waals surface area contributed by atoms with Gasteiger partial charge in [0.05, 0.1) is 0 Å². The van der Waals surface area contributed by atoms with E-state index in [2.05, 4.69) is 46.8 Å². The minimum atomic E-state index is -0.412. The number of hydrogen-bond acceptors (Lipinski definition) is 6. The maximum absolute atomic E-state index is 10.2. The van der Waals surface area contributed by atoms with E-state index in [1.165, 1.54) is 24.5 Å². The third-order valence-electron chi connectivity index (χ3n) is 1.39. The third-order valence-corrected chi connectivity index (χ3v) is 1.39. The van der Waals surface area contributed by atoms with Gasteiger partial charge in [0.1, 0.15) is 11.6 Å². The number of nitrogen functional groups attached to an aromatic ring is 2. The molecule has 0 amide bonds. The van der Waals surface area contributed by atoms with Gasteiger partial charge in [0, 0.05) is 12.4 Å². The molecule has 19 heavy (non-hydrogen) atoms. The Kier molecular flexibility index (Phi) is 10.3. The fourth-order valence-corrected chi connectivity index (χ4v) is 0.765. The van der Waals surface area contributed by atoms with Crippen LogP contribution in [0.3, 0.4) is 0 Å². The van der Waals surface area contributed by atoms with E-state index >= 15 is 0 Å². The van der Waals surface area contributed by atoms with Crippen molar-refractivity contribution in [1.82, 2.24) is 19.9 Å². The molecule has 6 N–H and O–H groups in total. The summed E-state index contributed by atoms with van der Waals surface area (Å²) in [6.07, 6.45) is 2.71. The molecule has 2 aromatic heterocycles. The zero-order chi connectivity index (χ0) is 14.7. The number of aromatic nitrogens is 4. The second-order valence-electron chi connectivity index (χ2n) is 2.71. The zero-order valence-electron chi connectivity index (χ0n) is 9.25. The molecule has 11 heteroatoms. The summed E-state index contributed by atoms with van der Waals surface area (Å²) in [4.78, 5) is 31.7. The van der Waals surface area contributed by atoms with Gasteiger partial charge in [0.2, 0.25) is 0 Å². The Morgan fingerprint density at radius 3 is 1.42 bits per heavy atom. The standard InChI is InChI=1S/2C4H5N3O.2BrH.Pd/c2*5-3-1-2-6-4(8)7-3;;;/h2*1-2H,(H3,5,6,7,8);2*1H;/q;;;;+2/p-2. The average Bonchev–Trinajstić information content (AvgIpc) is 2.30. The second kappa shape index (κ2) is 10.9. The molecule has 0 fully saturated rings. The van der Waals surface area contributed by atoms with Crippen molar-refractivity contribution in [2.75, 3.05) is 11.5 Å². The molecule has 2 rings (SSSR count). The molecule has 0 aromatic carbocycles. The van der Waals surface area contributed by atoms with Crippen molar-refractivity contribution in [2.24, 2.45) is 0 Å². The number of hydrogen-bond donors (Lipinski definition) is 4. The van der Waals surface area contributed by atoms with Gasteiger partial charge >= 0.3 is 52.2 Å². The van der Waals surface area contributed by atoms with Crippen LogP contribution in [0.4, 0.5) is 11.6 Å². The van der Waals surface area contributed by atoms with Crippen molar-refractivity contribution in [1.29, 1.82) is 0 Å². The fraction of sp³-hybridized carbons (Fsp3) is 0. The van der Waals surface area contributed by atoms with Crippen LogP contribution in [0.2, 0.25) is 0 Å². The summed E-state index contributed by atoms with van der Waals surface area (Å²) < 4.78 is 0. The predicted octanol–water partition coefficient (Wildman–Crippen LogP) is 0.393. The van der Waals surface area contributed by atoms with Gasteiger partial charge < -0.3 is 11.5 Å². The number of nitrogens with two attached hydrogens (primary N) is 2. The molecule has 0 bridgehead atoms. The Bertz CT molecular complexity index is 538. The van der Waals surface area contributed by atoms with Crippen LogP contribution in [0.5, 0.6) is 0 Å². The summed E-state index contributed by atoms with van der Waals surface area (Å²) in [5.74, 6) is 0.676. The van der Waals surface area contributed by atoms with E-state index in [1.807, 2.05) is 0 Å². The Morgan fingerprint density at radius 2 is 1.26 bits per heavy atom. The van der Waals surface area contributed by atoms with Crippen molar-refractivity contribution in [3.05, 3.63) is 45.5 Å². The SMILES string of the molecule is Nc1ccnc(=O)[nH]1.Nc1ccnc(=O)[nH]1.[Br][Pd][Br]. The first-order valence-electron chi connectivity index (χ1n) is 4.43. The number of nitrogens with one attached hydrogen (secondary N) is 2. The monoisotopic (exact) mass is 486 g/mol. The van der Waals surface area contributed by atoms with E-state index in [1.54, 1.807) is 0 Å². The molecule has 0 aliphatic rings. The van der Waals surface area contributed by atoms with Crippen LogP contribution in [0.25, 0.3) is 0 Å². The van der Waals surface area contributed by atoms with Gasteiger partial charge in [-0.15, -0.1) is 0 Å². The molecule has 2 aromatic rings. The van der Waals surface area contributed by atoms with Gasteiger partial charge in [-0.05, 0) is 12.1 Å². The molecule has 0 aliphatic heterocycles. The Balaban J connectivity index is 0.000000284. The van der Waals surface area contributed by atoms with E-state index in [4.69, 9.17) is 11.5 Å². The average molecular weight is 488 g/mol. The van der Waals surface area contributed by atoms with Gasteiger partial charge in [0.25, 0.3) is 0 Å². The first-order chi connectivity index (χ1) is 8.99. The first kappa shape index (κ1) is 18.0. The summed E-state index contributed by atoms with van der Waals surface area (Å²) in [6.45, 7) is 0. The molecule has 108 valence electrons. The van der Waals surface area contributed by atoms with Gasteiger partial charge in [-0.1, -0.05) is 0 Å². The molecule has 0 unspecified atom stereocenters. The number of H-pyrrole nitrogens is 2. The number of rotatable bonds is 0. The fourth-order valence-electron chi connectivity index (χ4n) is 0.765. The van der Waals surface area contributed by atoms with Crippen LogP contribution in [0.1, 0.15) is 0 Å². The van der Waals surface area contributed by atoms with E-state index in [9.17, 15) is 9.59 Å². The van der Waals surface area contributed by atoms with Crippen molar-refractivity contribution in [3.63, 3.8) is 0 Å². The second-order valence-corrected chi connectivity index (χ2v) is 9.88. The molecule has 8 nitrogen and oxygen atoms in total. The first-order valence-corrected chi connectivity index (χ1v) is 11.5. The van der Waals surface area contributed by atoms with Crippen molar-refractivity contribution >= 4 is 38.5 Å². The van der Waals surface area contributed by atoms with Crippen molar-refractivity contribution < 1.29 is 13.9 Å². The van der Waals surface area contributed by atoms with Gasteiger partial charge in [-0.25, -0.2) is 19.6 Å². The Morgan fingerprint density at radius 1 is 0.947 bits per heavy atom. The van der Waals surface area contributed by atoms with Gasteiger partial charge in [0.15, 0.2) is 0 Å². The van der Waals surface area contributed by atoms with Crippen LogP contribution >= 0.6 is 26.9 Å². The topological polar surface area (TPSA) is 144 Å². The van der Waals surface area contributed by atoms with Crippen LogP contribution in [0, 0.1) is 0 Å². The van der Waals surface area contributed by atoms with E-state index < -0.39 is 11.4 Å². The van der Waals surface area contributed by atoms with E-state index in [0.29, 0.717) is 25.6 Å². The van der Waals surface area contributed by atoms with Crippen LogP contribution in [-0.4, -0.2) is 19.9 Å². The third kappa shape index (κ3) is 10.6. The summed E-state index contributed by atoms with van der Waals surface area (Å²) in [5.41, 5.74) is 9.50. The van der Waals surface area contributed by atoms with Crippen molar-refractivity contribution in [2.45, 2.75) is 0 Å². The Hall–Kier alpha value is -1.02. The number of anilines is 2. The number of aromatic amines is 2. The Labute approximate surface area is 129 Å². The summed E-state index contributed by atoms with van der Waals surface area (Å²) in [7, 11) is 0. The van der Waals surface area contributed by atoms with E-state index in [-0.39, 0.29) is 0 Å². The molecule has 0 spiro atoms.